The van der Waals surface area contributed by atoms with Gasteiger partial charge < -0.3 is 5.32 Å². The first-order valence-corrected chi connectivity index (χ1v) is 6.92. The summed E-state index contributed by atoms with van der Waals surface area (Å²) < 4.78 is 1.43. The van der Waals surface area contributed by atoms with E-state index in [1.54, 1.807) is 5.56 Å². The second-order valence-corrected chi connectivity index (χ2v) is 5.70. The summed E-state index contributed by atoms with van der Waals surface area (Å²) in [5, 5.41) is 7.21. The molecular weight excluding hydrogens is 214 g/mol. The molecule has 1 aliphatic heterocycles. The van der Waals surface area contributed by atoms with Gasteiger partial charge in [0.25, 0.3) is 0 Å². The fourth-order valence-electron chi connectivity index (χ4n) is 2.79. The first kappa shape index (κ1) is 10.3. The molecule has 2 aromatic rings. The van der Waals surface area contributed by atoms with Gasteiger partial charge in [-0.15, -0.1) is 11.3 Å². The van der Waals surface area contributed by atoms with Crippen LogP contribution in [0.5, 0.6) is 0 Å². The minimum Gasteiger partial charge on any atom is -0.314 e. The molecule has 16 heavy (non-hydrogen) atoms. The topological polar surface area (TPSA) is 12.0 Å². The van der Waals surface area contributed by atoms with E-state index in [1.165, 1.54) is 22.9 Å². The van der Waals surface area contributed by atoms with E-state index in [2.05, 4.69) is 41.9 Å². The fourth-order valence-corrected chi connectivity index (χ4v) is 3.61. The van der Waals surface area contributed by atoms with Crippen molar-refractivity contribution in [2.75, 3.05) is 6.54 Å². The van der Waals surface area contributed by atoms with Crippen molar-refractivity contribution in [2.24, 2.45) is 0 Å². The smallest absolute Gasteiger partial charge is 0.0345 e. The maximum Gasteiger partial charge on any atom is 0.0345 e. The maximum atomic E-state index is 3.53. The van der Waals surface area contributed by atoms with Crippen molar-refractivity contribution >= 4 is 21.4 Å². The summed E-state index contributed by atoms with van der Waals surface area (Å²) in [7, 11) is 0. The van der Waals surface area contributed by atoms with E-state index in [1.807, 2.05) is 11.3 Å². The normalized spacial score (nSPS) is 26.1. The zero-order valence-electron chi connectivity index (χ0n) is 9.57. The third-order valence-electron chi connectivity index (χ3n) is 3.59. The number of hydrogen-bond donors (Lipinski definition) is 1. The van der Waals surface area contributed by atoms with Gasteiger partial charge in [-0.3, -0.25) is 0 Å². The van der Waals surface area contributed by atoms with Crippen LogP contribution in [0.4, 0.5) is 0 Å². The monoisotopic (exact) mass is 231 g/mol. The zero-order valence-corrected chi connectivity index (χ0v) is 10.4. The lowest BCUT2D eigenvalue weighted by Gasteiger charge is -2.28. The summed E-state index contributed by atoms with van der Waals surface area (Å²) in [6.07, 6.45) is 2.55. The molecule has 2 atom stereocenters. The highest BCUT2D eigenvalue weighted by atomic mass is 32.1. The van der Waals surface area contributed by atoms with E-state index < -0.39 is 0 Å². The van der Waals surface area contributed by atoms with Crippen LogP contribution in [0.3, 0.4) is 0 Å². The van der Waals surface area contributed by atoms with Crippen LogP contribution < -0.4 is 5.32 Å². The minimum absolute atomic E-state index is 0.660. The largest absolute Gasteiger partial charge is 0.314 e. The second kappa shape index (κ2) is 4.19. The highest BCUT2D eigenvalue weighted by Gasteiger charge is 2.21. The number of rotatable bonds is 1. The number of hydrogen-bond acceptors (Lipinski definition) is 2. The van der Waals surface area contributed by atoms with Crippen LogP contribution in [0, 0.1) is 0 Å². The van der Waals surface area contributed by atoms with Crippen LogP contribution in [-0.2, 0) is 0 Å². The molecule has 1 fully saturated rings. The predicted molar refractivity (Wildman–Crippen MR) is 71.3 cm³/mol. The maximum absolute atomic E-state index is 3.53. The Morgan fingerprint density at radius 3 is 3.12 bits per heavy atom. The highest BCUT2D eigenvalue weighted by molar-refractivity contribution is 7.17. The number of thiophene rings is 1. The molecule has 0 saturated carbocycles. The summed E-state index contributed by atoms with van der Waals surface area (Å²) in [4.78, 5) is 0. The Bertz CT molecular complexity index is 488. The van der Waals surface area contributed by atoms with Gasteiger partial charge in [0.2, 0.25) is 0 Å². The predicted octanol–water partition coefficient (Wildman–Crippen LogP) is 3.76. The average Bonchev–Trinajstić information content (AvgIpc) is 2.76. The van der Waals surface area contributed by atoms with Gasteiger partial charge in [-0.2, -0.15) is 0 Å². The average molecular weight is 231 g/mol. The molecule has 1 nitrogen and oxygen atoms in total. The molecule has 1 aromatic heterocycles. The van der Waals surface area contributed by atoms with Crippen LogP contribution in [-0.4, -0.2) is 12.6 Å². The molecule has 1 saturated heterocycles. The van der Waals surface area contributed by atoms with Gasteiger partial charge in [0.05, 0.1) is 0 Å². The summed E-state index contributed by atoms with van der Waals surface area (Å²) >= 11 is 1.85. The molecule has 84 valence electrons. The van der Waals surface area contributed by atoms with Crippen molar-refractivity contribution in [3.63, 3.8) is 0 Å². The number of benzene rings is 1. The molecule has 3 rings (SSSR count). The summed E-state index contributed by atoms with van der Waals surface area (Å²) in [5.74, 6) is 0.745. The molecule has 1 N–H and O–H groups in total. The number of piperidine rings is 1. The van der Waals surface area contributed by atoms with Gasteiger partial charge in [0, 0.05) is 10.7 Å². The summed E-state index contributed by atoms with van der Waals surface area (Å²) in [6, 6.07) is 9.70. The lowest BCUT2D eigenvalue weighted by Crippen LogP contribution is -2.34. The van der Waals surface area contributed by atoms with Crippen LogP contribution in [0.25, 0.3) is 10.1 Å². The number of fused-ring (bicyclic) bond motifs is 1. The van der Waals surface area contributed by atoms with Crippen LogP contribution in [0.1, 0.15) is 31.2 Å². The van der Waals surface area contributed by atoms with Gasteiger partial charge in [-0.05, 0) is 60.7 Å². The highest BCUT2D eigenvalue weighted by Crippen LogP contribution is 2.34. The van der Waals surface area contributed by atoms with Crippen LogP contribution in [0.2, 0.25) is 0 Å². The van der Waals surface area contributed by atoms with E-state index in [0.717, 1.165) is 12.5 Å². The van der Waals surface area contributed by atoms with Gasteiger partial charge in [0.15, 0.2) is 0 Å². The van der Waals surface area contributed by atoms with Crippen molar-refractivity contribution in [1.29, 1.82) is 0 Å². The molecule has 1 aromatic carbocycles. The molecule has 2 heterocycles. The Labute approximate surface area is 100 Å². The summed E-state index contributed by atoms with van der Waals surface area (Å²) in [5.41, 5.74) is 1.56. The van der Waals surface area contributed by atoms with Gasteiger partial charge in [0.1, 0.15) is 0 Å². The Morgan fingerprint density at radius 1 is 1.31 bits per heavy atom. The quantitative estimate of drug-likeness (QED) is 0.788. The van der Waals surface area contributed by atoms with Crippen LogP contribution >= 0.6 is 11.3 Å². The summed E-state index contributed by atoms with van der Waals surface area (Å²) in [6.45, 7) is 3.45. The number of nitrogens with one attached hydrogen (secondary N) is 1. The van der Waals surface area contributed by atoms with Gasteiger partial charge in [-0.25, -0.2) is 0 Å². The molecule has 0 radical (unpaired) electrons. The minimum atomic E-state index is 0.660. The lowest BCUT2D eigenvalue weighted by atomic mass is 9.85. The van der Waals surface area contributed by atoms with E-state index in [9.17, 15) is 0 Å². The third-order valence-corrected chi connectivity index (χ3v) is 4.48. The molecule has 0 amide bonds. The molecule has 0 unspecified atom stereocenters. The van der Waals surface area contributed by atoms with Crippen molar-refractivity contribution < 1.29 is 0 Å². The Kier molecular flexibility index (Phi) is 2.70. The molecule has 0 spiro atoms. The first-order chi connectivity index (χ1) is 7.84. The lowest BCUT2D eigenvalue weighted by molar-refractivity contribution is 0.382. The zero-order chi connectivity index (χ0) is 11.0. The van der Waals surface area contributed by atoms with Gasteiger partial charge in [-0.1, -0.05) is 12.1 Å². The molecule has 0 bridgehead atoms. The molecular formula is C14H17NS. The van der Waals surface area contributed by atoms with Crippen LogP contribution in [0.15, 0.2) is 29.6 Å². The molecule has 0 aliphatic carbocycles. The fraction of sp³-hybridized carbons (Fsp3) is 0.429. The first-order valence-electron chi connectivity index (χ1n) is 6.04. The van der Waals surface area contributed by atoms with E-state index in [4.69, 9.17) is 0 Å². The Hall–Kier alpha value is -0.860. The third kappa shape index (κ3) is 1.76. The van der Waals surface area contributed by atoms with E-state index >= 15 is 0 Å². The van der Waals surface area contributed by atoms with Crippen molar-refractivity contribution in [3.8, 4) is 0 Å². The van der Waals surface area contributed by atoms with E-state index in [-0.39, 0.29) is 0 Å². The molecule has 2 heteroatoms. The van der Waals surface area contributed by atoms with E-state index in [0.29, 0.717) is 6.04 Å². The van der Waals surface area contributed by atoms with Crippen molar-refractivity contribution in [2.45, 2.75) is 31.7 Å². The van der Waals surface area contributed by atoms with Crippen molar-refractivity contribution in [1.82, 2.24) is 5.32 Å². The Balaban J connectivity index is 2.01. The van der Waals surface area contributed by atoms with Gasteiger partial charge >= 0.3 is 0 Å². The Morgan fingerprint density at radius 2 is 2.25 bits per heavy atom. The van der Waals surface area contributed by atoms with Crippen molar-refractivity contribution in [3.05, 3.63) is 35.2 Å². The second-order valence-electron chi connectivity index (χ2n) is 4.76. The standard InChI is InChI=1S/C14H17NS/c1-10-9-11(5-7-15-10)12-3-2-4-14-13(12)6-8-16-14/h2-4,6,8,10-11,15H,5,7,9H2,1H3/t10-,11-/m1/s1. The molecule has 1 aliphatic rings. The SMILES string of the molecule is C[C@@H]1C[C@H](c2cccc3sccc23)CCN1.